The molecule has 0 bridgehead atoms. The molecule has 1 aromatic carbocycles. The van der Waals surface area contributed by atoms with Gasteiger partial charge in [-0.2, -0.15) is 0 Å². The lowest BCUT2D eigenvalue weighted by Crippen LogP contribution is -2.44. The molecule has 3 N–H and O–H groups in total. The molecule has 1 aliphatic heterocycles. The van der Waals surface area contributed by atoms with Gasteiger partial charge in [0.25, 0.3) is 0 Å². The normalized spacial score (nSPS) is 16.5. The number of rotatable bonds is 3. The van der Waals surface area contributed by atoms with Crippen molar-refractivity contribution >= 4 is 23.2 Å². The number of carbonyl (C=O) groups is 1. The summed E-state index contributed by atoms with van der Waals surface area (Å²) >= 11 is 6.30. The molecule has 1 heterocycles. The topological polar surface area (TPSA) is 58.4 Å². The molecule has 0 spiro atoms. The van der Waals surface area contributed by atoms with E-state index in [4.69, 9.17) is 17.3 Å². The summed E-state index contributed by atoms with van der Waals surface area (Å²) in [5, 5.41) is 3.72. The van der Waals surface area contributed by atoms with Crippen molar-refractivity contribution in [1.82, 2.24) is 5.32 Å². The van der Waals surface area contributed by atoms with Crippen LogP contribution in [-0.2, 0) is 11.3 Å². The zero-order valence-corrected chi connectivity index (χ0v) is 11.9. The van der Waals surface area contributed by atoms with Crippen LogP contribution in [0.5, 0.6) is 0 Å². The first-order valence-corrected chi connectivity index (χ1v) is 6.98. The number of hydrogen-bond donors (Lipinski definition) is 2. The standard InChI is InChI=1S/C14H20ClN3O/c1-10(19)17-12-4-6-18(7-5-12)14-3-2-11(9-16)8-13(14)15/h2-3,8,12H,4-7,9,16H2,1H3,(H,17,19). The van der Waals surface area contributed by atoms with E-state index >= 15 is 0 Å². The second kappa shape index (κ2) is 6.26. The number of nitrogens with two attached hydrogens (primary N) is 1. The third-order valence-corrected chi connectivity index (χ3v) is 3.79. The van der Waals surface area contributed by atoms with Crippen molar-refractivity contribution < 1.29 is 4.79 Å². The van der Waals surface area contributed by atoms with Crippen LogP contribution in [0, 0.1) is 0 Å². The third kappa shape index (κ3) is 3.61. The van der Waals surface area contributed by atoms with E-state index in [1.165, 1.54) is 0 Å². The van der Waals surface area contributed by atoms with E-state index in [1.807, 2.05) is 18.2 Å². The van der Waals surface area contributed by atoms with Gasteiger partial charge in [-0.25, -0.2) is 0 Å². The number of nitrogens with one attached hydrogen (secondary N) is 1. The van der Waals surface area contributed by atoms with Gasteiger partial charge in [-0.05, 0) is 30.5 Å². The minimum atomic E-state index is 0.0452. The average Bonchev–Trinajstić information content (AvgIpc) is 2.39. The molecule has 0 aromatic heterocycles. The predicted molar refractivity (Wildman–Crippen MR) is 78.4 cm³/mol. The number of hydrogen-bond acceptors (Lipinski definition) is 3. The van der Waals surface area contributed by atoms with Gasteiger partial charge in [0.1, 0.15) is 0 Å². The van der Waals surface area contributed by atoms with E-state index in [9.17, 15) is 4.79 Å². The Bertz CT molecular complexity index is 456. The molecule has 1 saturated heterocycles. The molecule has 0 unspecified atom stereocenters. The van der Waals surface area contributed by atoms with Crippen molar-refractivity contribution in [2.24, 2.45) is 5.73 Å². The zero-order valence-electron chi connectivity index (χ0n) is 11.2. The van der Waals surface area contributed by atoms with Gasteiger partial charge in [0.15, 0.2) is 0 Å². The largest absolute Gasteiger partial charge is 0.370 e. The highest BCUT2D eigenvalue weighted by molar-refractivity contribution is 6.33. The Morgan fingerprint density at radius 2 is 2.16 bits per heavy atom. The lowest BCUT2D eigenvalue weighted by Gasteiger charge is -2.34. The van der Waals surface area contributed by atoms with Crippen LogP contribution in [-0.4, -0.2) is 25.0 Å². The van der Waals surface area contributed by atoms with E-state index in [0.717, 1.165) is 42.2 Å². The highest BCUT2D eigenvalue weighted by Crippen LogP contribution is 2.29. The Hall–Kier alpha value is -1.26. The number of carbonyl (C=O) groups excluding carboxylic acids is 1. The molecule has 0 aliphatic carbocycles. The highest BCUT2D eigenvalue weighted by Gasteiger charge is 2.21. The summed E-state index contributed by atoms with van der Waals surface area (Å²) in [5.41, 5.74) is 7.70. The van der Waals surface area contributed by atoms with Gasteiger partial charge in [0, 0.05) is 32.6 Å². The SMILES string of the molecule is CC(=O)NC1CCN(c2ccc(CN)cc2Cl)CC1. The fourth-order valence-corrected chi connectivity index (χ4v) is 2.81. The van der Waals surface area contributed by atoms with E-state index in [-0.39, 0.29) is 11.9 Å². The van der Waals surface area contributed by atoms with Gasteiger partial charge in [-0.3, -0.25) is 4.79 Å². The monoisotopic (exact) mass is 281 g/mol. The van der Waals surface area contributed by atoms with Gasteiger partial charge in [0.2, 0.25) is 5.91 Å². The van der Waals surface area contributed by atoms with Crippen molar-refractivity contribution in [2.75, 3.05) is 18.0 Å². The Morgan fingerprint density at radius 1 is 1.47 bits per heavy atom. The third-order valence-electron chi connectivity index (χ3n) is 3.49. The van der Waals surface area contributed by atoms with Crippen LogP contribution >= 0.6 is 11.6 Å². The van der Waals surface area contributed by atoms with Crippen LogP contribution in [0.25, 0.3) is 0 Å². The van der Waals surface area contributed by atoms with Crippen molar-refractivity contribution in [3.05, 3.63) is 28.8 Å². The van der Waals surface area contributed by atoms with Gasteiger partial charge in [-0.15, -0.1) is 0 Å². The summed E-state index contributed by atoms with van der Waals surface area (Å²) in [6.45, 7) is 3.89. The Balaban J connectivity index is 1.99. The van der Waals surface area contributed by atoms with Crippen LogP contribution in [0.1, 0.15) is 25.3 Å². The molecule has 19 heavy (non-hydrogen) atoms. The second-order valence-corrected chi connectivity index (χ2v) is 5.36. The molecule has 0 atom stereocenters. The number of amides is 1. The second-order valence-electron chi connectivity index (χ2n) is 4.95. The van der Waals surface area contributed by atoms with Crippen LogP contribution < -0.4 is 16.0 Å². The first kappa shape index (κ1) is 14.2. The van der Waals surface area contributed by atoms with E-state index < -0.39 is 0 Å². The average molecular weight is 282 g/mol. The number of halogens is 1. The molecule has 1 fully saturated rings. The van der Waals surface area contributed by atoms with Crippen molar-refractivity contribution in [3.8, 4) is 0 Å². The summed E-state index contributed by atoms with van der Waals surface area (Å²) in [5.74, 6) is 0.0452. The fraction of sp³-hybridized carbons (Fsp3) is 0.500. The smallest absolute Gasteiger partial charge is 0.217 e. The van der Waals surface area contributed by atoms with E-state index in [1.54, 1.807) is 6.92 Å². The molecular formula is C14H20ClN3O. The summed E-state index contributed by atoms with van der Waals surface area (Å²) in [7, 11) is 0. The highest BCUT2D eigenvalue weighted by atomic mass is 35.5. The first-order valence-electron chi connectivity index (χ1n) is 6.60. The van der Waals surface area contributed by atoms with Crippen LogP contribution in [0.3, 0.4) is 0 Å². The minimum Gasteiger partial charge on any atom is -0.370 e. The quantitative estimate of drug-likeness (QED) is 0.890. The number of anilines is 1. The maximum atomic E-state index is 11.0. The molecule has 104 valence electrons. The molecule has 2 rings (SSSR count). The minimum absolute atomic E-state index is 0.0452. The molecule has 0 saturated carbocycles. The molecule has 4 nitrogen and oxygen atoms in total. The van der Waals surface area contributed by atoms with Crippen molar-refractivity contribution in [2.45, 2.75) is 32.4 Å². The van der Waals surface area contributed by atoms with Crippen LogP contribution in [0.15, 0.2) is 18.2 Å². The van der Waals surface area contributed by atoms with Crippen LogP contribution in [0.4, 0.5) is 5.69 Å². The lowest BCUT2D eigenvalue weighted by atomic mass is 10.0. The Labute approximate surface area is 118 Å². The molecule has 1 amide bonds. The number of piperidine rings is 1. The molecular weight excluding hydrogens is 262 g/mol. The summed E-state index contributed by atoms with van der Waals surface area (Å²) < 4.78 is 0. The predicted octanol–water partition coefficient (Wildman–Crippen LogP) is 1.90. The number of nitrogens with zero attached hydrogens (tertiary/aromatic N) is 1. The summed E-state index contributed by atoms with van der Waals surface area (Å²) in [4.78, 5) is 13.3. The van der Waals surface area contributed by atoms with E-state index in [2.05, 4.69) is 10.2 Å². The molecule has 1 aliphatic rings. The zero-order chi connectivity index (χ0) is 13.8. The fourth-order valence-electron chi connectivity index (χ4n) is 2.49. The first-order chi connectivity index (χ1) is 9.10. The van der Waals surface area contributed by atoms with Crippen molar-refractivity contribution in [1.29, 1.82) is 0 Å². The Kier molecular flexibility index (Phi) is 4.66. The maximum absolute atomic E-state index is 11.0. The van der Waals surface area contributed by atoms with Crippen molar-refractivity contribution in [3.63, 3.8) is 0 Å². The van der Waals surface area contributed by atoms with Gasteiger partial charge >= 0.3 is 0 Å². The summed E-state index contributed by atoms with van der Waals surface area (Å²) in [6, 6.07) is 6.26. The maximum Gasteiger partial charge on any atom is 0.217 e. The van der Waals surface area contributed by atoms with Gasteiger partial charge < -0.3 is 16.0 Å². The molecule has 5 heteroatoms. The van der Waals surface area contributed by atoms with Gasteiger partial charge in [0.05, 0.1) is 10.7 Å². The van der Waals surface area contributed by atoms with Gasteiger partial charge in [-0.1, -0.05) is 17.7 Å². The Morgan fingerprint density at radius 3 is 2.68 bits per heavy atom. The molecule has 0 radical (unpaired) electrons. The molecule has 1 aromatic rings. The number of benzene rings is 1. The lowest BCUT2D eigenvalue weighted by molar-refractivity contribution is -0.119. The van der Waals surface area contributed by atoms with E-state index in [0.29, 0.717) is 6.54 Å². The summed E-state index contributed by atoms with van der Waals surface area (Å²) in [6.07, 6.45) is 1.91. The van der Waals surface area contributed by atoms with Crippen LogP contribution in [0.2, 0.25) is 5.02 Å².